The van der Waals surface area contributed by atoms with Gasteiger partial charge in [0.15, 0.2) is 0 Å². The molecule has 0 aliphatic carbocycles. The van der Waals surface area contributed by atoms with Gasteiger partial charge in [0, 0.05) is 27.1 Å². The summed E-state index contributed by atoms with van der Waals surface area (Å²) in [6, 6.07) is 6.40. The van der Waals surface area contributed by atoms with Crippen molar-refractivity contribution in [1.82, 2.24) is 4.98 Å². The molecule has 1 unspecified atom stereocenters. The van der Waals surface area contributed by atoms with E-state index in [-0.39, 0.29) is 0 Å². The van der Waals surface area contributed by atoms with E-state index in [4.69, 9.17) is 0 Å². The van der Waals surface area contributed by atoms with Gasteiger partial charge in [0.1, 0.15) is 0 Å². The van der Waals surface area contributed by atoms with Gasteiger partial charge < -0.3 is 5.32 Å². The Hall–Kier alpha value is -0.870. The molecule has 0 aromatic carbocycles. The monoisotopic (exact) mass is 282 g/mol. The Morgan fingerprint density at radius 1 is 1.53 bits per heavy atom. The lowest BCUT2D eigenvalue weighted by molar-refractivity contribution is 0.905. The second-order valence-electron chi connectivity index (χ2n) is 3.28. The number of rotatable bonds is 3. The summed E-state index contributed by atoms with van der Waals surface area (Å²) in [7, 11) is 0. The third kappa shape index (κ3) is 2.79. The van der Waals surface area contributed by atoms with Crippen LogP contribution in [0.25, 0.3) is 0 Å². The first kappa shape index (κ1) is 10.6. The Kier molecular flexibility index (Phi) is 3.38. The molecule has 0 aliphatic rings. The van der Waals surface area contributed by atoms with Crippen LogP contribution in [-0.2, 0) is 0 Å². The number of thiophene rings is 1. The molecule has 2 rings (SSSR count). The van der Waals surface area contributed by atoms with Gasteiger partial charge in [-0.25, -0.2) is 0 Å². The number of nitrogens with one attached hydrogen (secondary N) is 1. The molecule has 1 N–H and O–H groups in total. The van der Waals surface area contributed by atoms with E-state index >= 15 is 0 Å². The first-order valence-corrected chi connectivity index (χ1v) is 6.33. The van der Waals surface area contributed by atoms with Crippen LogP contribution in [0.2, 0.25) is 0 Å². The standard InChI is InChI=1S/C11H11BrN2S/c1-8(11-5-9(12)7-15-11)14-10-3-2-4-13-6-10/h2-8,14H,1H3. The van der Waals surface area contributed by atoms with Gasteiger partial charge in [-0.05, 0) is 41.1 Å². The van der Waals surface area contributed by atoms with Gasteiger partial charge in [-0.3, -0.25) is 4.98 Å². The molecule has 78 valence electrons. The minimum Gasteiger partial charge on any atom is -0.376 e. The van der Waals surface area contributed by atoms with E-state index in [1.807, 2.05) is 18.3 Å². The molecule has 1 atom stereocenters. The molecule has 2 aromatic heterocycles. The Balaban J connectivity index is 2.07. The minimum absolute atomic E-state index is 0.311. The molecule has 0 fully saturated rings. The van der Waals surface area contributed by atoms with Gasteiger partial charge in [0.25, 0.3) is 0 Å². The number of halogens is 1. The largest absolute Gasteiger partial charge is 0.376 e. The molecule has 0 saturated heterocycles. The number of aromatic nitrogens is 1. The molecule has 2 aromatic rings. The Bertz CT molecular complexity index is 427. The Morgan fingerprint density at radius 3 is 3.00 bits per heavy atom. The maximum Gasteiger partial charge on any atom is 0.0579 e. The van der Waals surface area contributed by atoms with Crippen LogP contribution in [-0.4, -0.2) is 4.98 Å². The van der Waals surface area contributed by atoms with Crippen LogP contribution in [0, 0.1) is 0 Å². The van der Waals surface area contributed by atoms with Gasteiger partial charge >= 0.3 is 0 Å². The zero-order valence-electron chi connectivity index (χ0n) is 8.27. The lowest BCUT2D eigenvalue weighted by Gasteiger charge is -2.12. The van der Waals surface area contributed by atoms with Gasteiger partial charge in [-0.2, -0.15) is 0 Å². The quantitative estimate of drug-likeness (QED) is 0.918. The Labute approximate surface area is 101 Å². The van der Waals surface area contributed by atoms with Crippen molar-refractivity contribution < 1.29 is 0 Å². The average Bonchev–Trinajstić information content (AvgIpc) is 2.66. The zero-order valence-corrected chi connectivity index (χ0v) is 10.7. The topological polar surface area (TPSA) is 24.9 Å². The lowest BCUT2D eigenvalue weighted by Crippen LogP contribution is -2.04. The summed E-state index contributed by atoms with van der Waals surface area (Å²) in [6.45, 7) is 2.14. The van der Waals surface area contributed by atoms with E-state index < -0.39 is 0 Å². The summed E-state index contributed by atoms with van der Waals surface area (Å²) in [4.78, 5) is 5.38. The SMILES string of the molecule is CC(Nc1cccnc1)c1cc(Br)cs1. The fourth-order valence-electron chi connectivity index (χ4n) is 1.32. The van der Waals surface area contributed by atoms with Crippen molar-refractivity contribution >= 4 is 33.0 Å². The van der Waals surface area contributed by atoms with Crippen molar-refractivity contribution in [3.63, 3.8) is 0 Å². The average molecular weight is 283 g/mol. The zero-order chi connectivity index (χ0) is 10.7. The van der Waals surface area contributed by atoms with Gasteiger partial charge in [-0.15, -0.1) is 11.3 Å². The Morgan fingerprint density at radius 2 is 2.40 bits per heavy atom. The van der Waals surface area contributed by atoms with E-state index in [0.29, 0.717) is 6.04 Å². The number of nitrogens with zero attached hydrogens (tertiary/aromatic N) is 1. The van der Waals surface area contributed by atoms with Crippen molar-refractivity contribution in [1.29, 1.82) is 0 Å². The van der Waals surface area contributed by atoms with E-state index in [0.717, 1.165) is 10.2 Å². The van der Waals surface area contributed by atoms with E-state index in [1.54, 1.807) is 17.5 Å². The van der Waals surface area contributed by atoms with Crippen LogP contribution in [0.3, 0.4) is 0 Å². The van der Waals surface area contributed by atoms with Crippen LogP contribution in [0.4, 0.5) is 5.69 Å². The molecular weight excluding hydrogens is 272 g/mol. The summed E-state index contributed by atoms with van der Waals surface area (Å²) in [5.41, 5.74) is 1.05. The molecule has 15 heavy (non-hydrogen) atoms. The second-order valence-corrected chi connectivity index (χ2v) is 5.13. The summed E-state index contributed by atoms with van der Waals surface area (Å²) in [5.74, 6) is 0. The molecule has 2 nitrogen and oxygen atoms in total. The smallest absolute Gasteiger partial charge is 0.0579 e. The maximum atomic E-state index is 4.07. The predicted molar refractivity (Wildman–Crippen MR) is 68.3 cm³/mol. The van der Waals surface area contributed by atoms with E-state index in [9.17, 15) is 0 Å². The van der Waals surface area contributed by atoms with Crippen molar-refractivity contribution in [3.8, 4) is 0 Å². The summed E-state index contributed by atoms with van der Waals surface area (Å²) in [6.07, 6.45) is 3.61. The molecule has 0 spiro atoms. The molecule has 0 saturated carbocycles. The summed E-state index contributed by atoms with van der Waals surface area (Å²) < 4.78 is 1.14. The van der Waals surface area contributed by atoms with Crippen LogP contribution >= 0.6 is 27.3 Å². The third-order valence-corrected chi connectivity index (χ3v) is 3.94. The predicted octanol–water partition coefficient (Wildman–Crippen LogP) is 4.08. The van der Waals surface area contributed by atoms with Crippen molar-refractivity contribution in [2.45, 2.75) is 13.0 Å². The van der Waals surface area contributed by atoms with E-state index in [1.165, 1.54) is 4.88 Å². The maximum absolute atomic E-state index is 4.07. The third-order valence-electron chi connectivity index (χ3n) is 2.06. The van der Waals surface area contributed by atoms with Crippen LogP contribution in [0.15, 0.2) is 40.4 Å². The molecule has 4 heteroatoms. The first-order chi connectivity index (χ1) is 7.25. The fourth-order valence-corrected chi connectivity index (χ4v) is 2.78. The normalized spacial score (nSPS) is 12.4. The number of anilines is 1. The number of pyridine rings is 1. The first-order valence-electron chi connectivity index (χ1n) is 4.66. The van der Waals surface area contributed by atoms with Crippen LogP contribution in [0.1, 0.15) is 17.8 Å². The van der Waals surface area contributed by atoms with E-state index in [2.05, 4.69) is 44.6 Å². The number of hydrogen-bond donors (Lipinski definition) is 1. The highest BCUT2D eigenvalue weighted by atomic mass is 79.9. The lowest BCUT2D eigenvalue weighted by atomic mass is 10.2. The van der Waals surface area contributed by atoms with Gasteiger partial charge in [0.2, 0.25) is 0 Å². The molecule has 0 aliphatic heterocycles. The molecular formula is C11H11BrN2S. The number of hydrogen-bond acceptors (Lipinski definition) is 3. The minimum atomic E-state index is 0.311. The summed E-state index contributed by atoms with van der Waals surface area (Å²) in [5, 5.41) is 5.49. The van der Waals surface area contributed by atoms with Crippen molar-refractivity contribution in [2.75, 3.05) is 5.32 Å². The highest BCUT2D eigenvalue weighted by Gasteiger charge is 2.07. The van der Waals surface area contributed by atoms with Crippen molar-refractivity contribution in [3.05, 3.63) is 45.3 Å². The van der Waals surface area contributed by atoms with Crippen LogP contribution < -0.4 is 5.32 Å². The van der Waals surface area contributed by atoms with Crippen molar-refractivity contribution in [2.24, 2.45) is 0 Å². The molecule has 2 heterocycles. The molecule has 0 bridgehead atoms. The highest BCUT2D eigenvalue weighted by molar-refractivity contribution is 9.10. The van der Waals surface area contributed by atoms with Crippen LogP contribution in [0.5, 0.6) is 0 Å². The summed E-state index contributed by atoms with van der Waals surface area (Å²) >= 11 is 5.20. The molecule has 0 amide bonds. The fraction of sp³-hybridized carbons (Fsp3) is 0.182. The molecule has 0 radical (unpaired) electrons. The van der Waals surface area contributed by atoms with Gasteiger partial charge in [-0.1, -0.05) is 0 Å². The highest BCUT2D eigenvalue weighted by Crippen LogP contribution is 2.27. The second kappa shape index (κ2) is 4.77. The van der Waals surface area contributed by atoms with Gasteiger partial charge in [0.05, 0.1) is 11.7 Å².